The molecule has 0 rings (SSSR count). The first-order chi connectivity index (χ1) is 4.00. The average molecular weight is 880 g/mol. The fourth-order valence-corrected chi connectivity index (χ4v) is 0. The molecule has 8 nitrogen and oxygen atoms in total. The van der Waals surface area contributed by atoms with Crippen LogP contribution in [-0.2, 0) is 90.5 Å². The zero-order chi connectivity index (χ0) is 9.00. The molecule has 64 valence electrons. The zero-order valence-electron chi connectivity index (χ0n) is 6.28. The van der Waals surface area contributed by atoms with Crippen LogP contribution in [0.1, 0.15) is 0 Å². The van der Waals surface area contributed by atoms with Crippen LogP contribution in [0.4, 0.5) is 0 Å². The second-order valence-corrected chi connectivity index (χ2v) is 4.65. The van der Waals surface area contributed by atoms with E-state index in [0.29, 0.717) is 0 Å². The van der Waals surface area contributed by atoms with Crippen LogP contribution in [0, 0.1) is 0 Å². The van der Waals surface area contributed by atoms with Gasteiger partial charge in [0.15, 0.2) is 0 Å². The quantitative estimate of drug-likeness (QED) is 0.216. The summed E-state index contributed by atoms with van der Waals surface area (Å²) in [5.41, 5.74) is 0. The van der Waals surface area contributed by atoms with Crippen LogP contribution in [0.3, 0.4) is 0 Å². The van der Waals surface area contributed by atoms with E-state index < -0.39 is 29.0 Å². The van der Waals surface area contributed by atoms with E-state index in [1.54, 1.807) is 0 Å². The number of hydrogen-bond donors (Lipinski definition) is 0. The Morgan fingerprint density at radius 3 is 0.538 bits per heavy atom. The Labute approximate surface area is 141 Å². The molecule has 0 saturated carbocycles. The molecule has 0 spiro atoms. The van der Waals surface area contributed by atoms with E-state index in [1.165, 1.54) is 0 Å². The van der Waals surface area contributed by atoms with Gasteiger partial charge in [-0.05, 0) is 0 Å². The van der Waals surface area contributed by atoms with Crippen LogP contribution in [0.25, 0.3) is 0 Å². The summed E-state index contributed by atoms with van der Waals surface area (Å²) in [6, 6.07) is 0. The van der Waals surface area contributed by atoms with Crippen molar-refractivity contribution in [2.45, 2.75) is 0 Å². The standard InChI is InChI=1S/2AsH3O4.3Hg/c2*2-1(3,4)5;;;/h2*(H3,2,3,4,5);;;/q;;3*+2/p-6. The molecule has 0 N–H and O–H groups in total. The van der Waals surface area contributed by atoms with Crippen LogP contribution in [-0.4, -0.2) is 29.0 Å². The van der Waals surface area contributed by atoms with Crippen molar-refractivity contribution >= 4 is 29.0 Å². The maximum absolute atomic E-state index is 8.61. The molecule has 0 radical (unpaired) electrons. The Morgan fingerprint density at radius 2 is 0.538 bits per heavy atom. The SMILES string of the molecule is O=[As]([O-])([O-])[O-].O=[As]([O-])([O-])[O-].[Hg+2].[Hg+2].[Hg+2]. The maximum Gasteiger partial charge on any atom is 2.00 e. The average Bonchev–Trinajstić information content (AvgIpc) is 1.12. The molecule has 0 aromatic heterocycles. The summed E-state index contributed by atoms with van der Waals surface area (Å²) in [5, 5.41) is 0. The fourth-order valence-electron chi connectivity index (χ4n) is 0. The van der Waals surface area contributed by atoms with Gasteiger partial charge in [-0.25, -0.2) is 0 Å². The van der Waals surface area contributed by atoms with Gasteiger partial charge < -0.3 is 0 Å². The van der Waals surface area contributed by atoms with E-state index in [2.05, 4.69) is 0 Å². The summed E-state index contributed by atoms with van der Waals surface area (Å²) in [5.74, 6) is 0. The molecule has 0 heterocycles. The predicted molar refractivity (Wildman–Crippen MR) is 12.9 cm³/mol. The van der Waals surface area contributed by atoms with E-state index in [9.17, 15) is 0 Å². The monoisotopic (exact) mass is 884 g/mol. The molecule has 0 aromatic carbocycles. The van der Waals surface area contributed by atoms with E-state index in [-0.39, 0.29) is 83.0 Å². The normalized spacial score (nSPS) is 9.08. The largest absolute Gasteiger partial charge is 2.00 e. The molecule has 0 fully saturated rings. The van der Waals surface area contributed by atoms with Crippen molar-refractivity contribution < 1.29 is 115 Å². The first kappa shape index (κ1) is 29.9. The van der Waals surface area contributed by atoms with Crippen molar-refractivity contribution in [2.75, 3.05) is 0 Å². The Kier molecular flexibility index (Phi) is 30.7. The van der Waals surface area contributed by atoms with Gasteiger partial charge in [0.2, 0.25) is 0 Å². The Bertz CT molecular complexity index is 130. The second-order valence-electron chi connectivity index (χ2n) is 0.894. The molecule has 0 amide bonds. The van der Waals surface area contributed by atoms with E-state index in [4.69, 9.17) is 32.1 Å². The summed E-state index contributed by atoms with van der Waals surface area (Å²) >= 11 is -11.8. The molecular weight excluding hydrogens is 880 g/mol. The van der Waals surface area contributed by atoms with Crippen molar-refractivity contribution in [2.24, 2.45) is 0 Å². The predicted octanol–water partition coefficient (Wildman–Crippen LogP) is -8.14. The van der Waals surface area contributed by atoms with Crippen molar-refractivity contribution in [1.29, 1.82) is 0 Å². The summed E-state index contributed by atoms with van der Waals surface area (Å²) in [4.78, 5) is 0. The zero-order valence-corrected chi connectivity index (χ0v) is 26.5. The first-order valence-electron chi connectivity index (χ1n) is 1.46. The van der Waals surface area contributed by atoms with Gasteiger partial charge in [-0.1, -0.05) is 0 Å². The molecular formula is As2Hg3O8. The molecule has 13 heavy (non-hydrogen) atoms. The Balaban J connectivity index is -0.0000000267. The molecule has 0 aliphatic heterocycles. The minimum absolute atomic E-state index is 0. The van der Waals surface area contributed by atoms with Crippen LogP contribution >= 0.6 is 0 Å². The van der Waals surface area contributed by atoms with Gasteiger partial charge in [0.1, 0.15) is 0 Å². The number of rotatable bonds is 0. The number of hydrogen-bond acceptors (Lipinski definition) is 8. The summed E-state index contributed by atoms with van der Waals surface area (Å²) in [7, 11) is 0. The van der Waals surface area contributed by atoms with Crippen LogP contribution in [0.2, 0.25) is 0 Å². The smallest absolute Gasteiger partial charge is 2.00 e. The van der Waals surface area contributed by atoms with Gasteiger partial charge in [-0.15, -0.1) is 0 Å². The van der Waals surface area contributed by atoms with E-state index >= 15 is 0 Å². The van der Waals surface area contributed by atoms with Gasteiger partial charge in [0.05, 0.1) is 0 Å². The second kappa shape index (κ2) is 13.3. The van der Waals surface area contributed by atoms with E-state index in [0.717, 1.165) is 0 Å². The third kappa shape index (κ3) is 250. The van der Waals surface area contributed by atoms with Gasteiger partial charge in [-0.2, -0.15) is 0 Å². The topological polar surface area (TPSA) is 172 Å². The Morgan fingerprint density at radius 1 is 0.538 bits per heavy atom. The molecule has 0 atom stereocenters. The molecule has 0 unspecified atom stereocenters. The minimum Gasteiger partial charge on any atom is 2.00 e. The molecule has 0 bridgehead atoms. The molecule has 13 heteroatoms. The minimum atomic E-state index is -5.88. The van der Waals surface area contributed by atoms with Gasteiger partial charge in [-0.3, -0.25) is 0 Å². The van der Waals surface area contributed by atoms with Crippen molar-refractivity contribution in [1.82, 2.24) is 0 Å². The van der Waals surface area contributed by atoms with E-state index in [1.807, 2.05) is 0 Å². The van der Waals surface area contributed by atoms with Crippen LogP contribution in [0.15, 0.2) is 0 Å². The molecule has 0 aliphatic carbocycles. The van der Waals surface area contributed by atoms with Crippen LogP contribution in [0.5, 0.6) is 0 Å². The van der Waals surface area contributed by atoms with Crippen molar-refractivity contribution in [3.8, 4) is 0 Å². The fraction of sp³-hybridized carbons (Fsp3) is 0. The van der Waals surface area contributed by atoms with Gasteiger partial charge in [0.25, 0.3) is 0 Å². The molecule has 0 saturated heterocycles. The summed E-state index contributed by atoms with van der Waals surface area (Å²) in [6.07, 6.45) is 0. The third-order valence-electron chi connectivity index (χ3n) is 0. The Hall–Kier alpha value is 3.28. The molecule has 0 aliphatic rings. The van der Waals surface area contributed by atoms with Gasteiger partial charge >= 0.3 is 144 Å². The third-order valence-corrected chi connectivity index (χ3v) is 0. The molecule has 0 aromatic rings. The van der Waals surface area contributed by atoms with Crippen molar-refractivity contribution in [3.63, 3.8) is 0 Å². The maximum atomic E-state index is 8.61. The van der Waals surface area contributed by atoms with Crippen molar-refractivity contribution in [3.05, 3.63) is 0 Å². The van der Waals surface area contributed by atoms with Gasteiger partial charge in [0, 0.05) is 0 Å². The summed E-state index contributed by atoms with van der Waals surface area (Å²) < 4.78 is 68.9. The van der Waals surface area contributed by atoms with Crippen LogP contribution < -0.4 is 24.6 Å². The first-order valence-corrected chi connectivity index (χ1v) is 7.59. The summed E-state index contributed by atoms with van der Waals surface area (Å²) in [6.45, 7) is 0.